The van der Waals surface area contributed by atoms with Gasteiger partial charge in [0, 0.05) is 11.8 Å². The highest BCUT2D eigenvalue weighted by Crippen LogP contribution is 2.24. The Morgan fingerprint density at radius 3 is 2.95 bits per heavy atom. The van der Waals surface area contributed by atoms with Gasteiger partial charge in [0.25, 0.3) is 0 Å². The molecule has 1 unspecified atom stereocenters. The fourth-order valence-corrected chi connectivity index (χ4v) is 2.15. The van der Waals surface area contributed by atoms with E-state index in [2.05, 4.69) is 20.9 Å². The molecule has 2 aliphatic rings. The van der Waals surface area contributed by atoms with Crippen LogP contribution in [-0.2, 0) is 0 Å². The number of ether oxygens (including phenoxy) is 1. The minimum Gasteiger partial charge on any atom is -0.496 e. The van der Waals surface area contributed by atoms with Crippen molar-refractivity contribution in [2.45, 2.75) is 6.17 Å². The first kappa shape index (κ1) is 13.0. The molecule has 3 rings (SSSR count). The number of primary amides is 1. The topological polar surface area (TPSA) is 118 Å². The number of nitrogens with one attached hydrogen (secondary N) is 3. The van der Waals surface area contributed by atoms with Crippen LogP contribution < -0.4 is 26.4 Å². The van der Waals surface area contributed by atoms with Crippen LogP contribution in [0.5, 0.6) is 5.75 Å². The smallest absolute Gasteiger partial charge is 0.320 e. The molecule has 0 aromatic heterocycles. The molecule has 0 bridgehead atoms. The Labute approximate surface area is 120 Å². The van der Waals surface area contributed by atoms with E-state index in [0.717, 1.165) is 5.70 Å². The van der Waals surface area contributed by atoms with E-state index in [1.807, 2.05) is 0 Å². The maximum Gasteiger partial charge on any atom is 0.320 e. The van der Waals surface area contributed by atoms with Gasteiger partial charge in [-0.05, 0) is 18.2 Å². The van der Waals surface area contributed by atoms with Crippen molar-refractivity contribution in [1.29, 1.82) is 0 Å². The third kappa shape index (κ3) is 2.27. The molecule has 2 aliphatic heterocycles. The van der Waals surface area contributed by atoms with E-state index in [-0.39, 0.29) is 6.03 Å². The molecule has 1 aromatic carbocycles. The monoisotopic (exact) mass is 287 g/mol. The fourth-order valence-electron chi connectivity index (χ4n) is 2.15. The van der Waals surface area contributed by atoms with Gasteiger partial charge in [0.15, 0.2) is 6.17 Å². The summed E-state index contributed by atoms with van der Waals surface area (Å²) in [7, 11) is 1.49. The average molecular weight is 287 g/mol. The number of amides is 3. The number of carbonyl (C=O) groups is 2. The molecular formula is C13H13N5O3. The largest absolute Gasteiger partial charge is 0.496 e. The molecule has 0 saturated heterocycles. The van der Waals surface area contributed by atoms with E-state index in [4.69, 9.17) is 10.5 Å². The number of benzene rings is 1. The van der Waals surface area contributed by atoms with Gasteiger partial charge < -0.3 is 26.4 Å². The molecule has 3 amide bonds. The summed E-state index contributed by atoms with van der Waals surface area (Å²) in [6, 6.07) is 4.52. The summed E-state index contributed by atoms with van der Waals surface area (Å²) in [6.07, 6.45) is 1.11. The molecule has 8 nitrogen and oxygen atoms in total. The minimum absolute atomic E-state index is 0.313. The van der Waals surface area contributed by atoms with Gasteiger partial charge in [-0.15, -0.1) is 0 Å². The number of methoxy groups -OCH3 is 1. The number of nitrogens with zero attached hydrogens (tertiary/aromatic N) is 1. The van der Waals surface area contributed by atoms with Crippen molar-refractivity contribution in [3.8, 4) is 5.75 Å². The predicted molar refractivity (Wildman–Crippen MR) is 74.7 cm³/mol. The summed E-state index contributed by atoms with van der Waals surface area (Å²) in [6.45, 7) is 0. The Kier molecular flexibility index (Phi) is 2.98. The van der Waals surface area contributed by atoms with E-state index in [9.17, 15) is 9.59 Å². The lowest BCUT2D eigenvalue weighted by Gasteiger charge is -2.16. The van der Waals surface area contributed by atoms with Crippen molar-refractivity contribution < 1.29 is 14.3 Å². The Morgan fingerprint density at radius 2 is 2.24 bits per heavy atom. The van der Waals surface area contributed by atoms with Crippen LogP contribution in [0.3, 0.4) is 0 Å². The first-order chi connectivity index (χ1) is 10.1. The van der Waals surface area contributed by atoms with Crippen LogP contribution in [0.1, 0.15) is 15.9 Å². The molecule has 0 saturated carbocycles. The molecule has 2 heterocycles. The maximum atomic E-state index is 11.3. The lowest BCUT2D eigenvalue weighted by Crippen LogP contribution is -2.45. The Hall–Kier alpha value is -3.03. The summed E-state index contributed by atoms with van der Waals surface area (Å²) in [5.41, 5.74) is 6.99. The zero-order valence-corrected chi connectivity index (χ0v) is 11.1. The molecule has 1 aromatic rings. The van der Waals surface area contributed by atoms with E-state index in [0.29, 0.717) is 22.7 Å². The number of urea groups is 1. The highest BCUT2D eigenvalue weighted by molar-refractivity contribution is 6.05. The van der Waals surface area contributed by atoms with Gasteiger partial charge in [-0.3, -0.25) is 4.79 Å². The van der Waals surface area contributed by atoms with Gasteiger partial charge in [0.1, 0.15) is 11.6 Å². The van der Waals surface area contributed by atoms with Crippen molar-refractivity contribution in [3.63, 3.8) is 0 Å². The fraction of sp³-hybridized carbons (Fsp3) is 0.154. The maximum absolute atomic E-state index is 11.3. The molecule has 8 heteroatoms. The van der Waals surface area contributed by atoms with Crippen molar-refractivity contribution in [2.75, 3.05) is 7.11 Å². The quantitative estimate of drug-likeness (QED) is 0.606. The van der Waals surface area contributed by atoms with Crippen molar-refractivity contribution in [3.05, 3.63) is 41.2 Å². The van der Waals surface area contributed by atoms with E-state index >= 15 is 0 Å². The van der Waals surface area contributed by atoms with Gasteiger partial charge >= 0.3 is 6.03 Å². The standard InChI is InChI=1S/C13H13N5O3/c1-21-9-4-6(10(14)19)2-3-7(9)11-16-8-5-15-13(20)18-12(8)17-11/h2-5,12H,1H3,(H2,14,19)(H,16,17)(H2,15,18,20). The van der Waals surface area contributed by atoms with E-state index in [1.54, 1.807) is 24.4 Å². The summed E-state index contributed by atoms with van der Waals surface area (Å²) < 4.78 is 5.27. The van der Waals surface area contributed by atoms with Crippen LogP contribution in [0.4, 0.5) is 4.79 Å². The highest BCUT2D eigenvalue weighted by atomic mass is 16.5. The average Bonchev–Trinajstić information content (AvgIpc) is 2.89. The molecule has 5 N–H and O–H groups in total. The van der Waals surface area contributed by atoms with Crippen LogP contribution in [-0.4, -0.2) is 31.0 Å². The number of nitrogens with two attached hydrogens (primary N) is 1. The second-order valence-corrected chi connectivity index (χ2v) is 4.50. The van der Waals surface area contributed by atoms with Crippen molar-refractivity contribution >= 4 is 17.8 Å². The first-order valence-corrected chi connectivity index (χ1v) is 6.18. The molecule has 0 radical (unpaired) electrons. The number of fused-ring (bicyclic) bond motifs is 1. The molecule has 0 aliphatic carbocycles. The minimum atomic E-state index is -0.533. The number of hydrogen-bond acceptors (Lipinski definition) is 5. The zero-order chi connectivity index (χ0) is 15.0. The Balaban J connectivity index is 1.96. The number of hydrogen-bond donors (Lipinski definition) is 4. The van der Waals surface area contributed by atoms with Gasteiger partial charge in [-0.2, -0.15) is 0 Å². The number of amidine groups is 1. The third-order valence-electron chi connectivity index (χ3n) is 3.18. The second kappa shape index (κ2) is 4.82. The van der Waals surface area contributed by atoms with Gasteiger partial charge in [-0.1, -0.05) is 0 Å². The molecule has 108 valence electrons. The van der Waals surface area contributed by atoms with Gasteiger partial charge in [0.2, 0.25) is 5.91 Å². The summed E-state index contributed by atoms with van der Waals surface area (Å²) in [5.74, 6) is 0.480. The molecule has 0 spiro atoms. The van der Waals surface area contributed by atoms with Gasteiger partial charge in [0.05, 0.1) is 18.4 Å². The highest BCUT2D eigenvalue weighted by Gasteiger charge is 2.29. The number of carbonyl (C=O) groups excluding carboxylic acids is 2. The summed E-state index contributed by atoms with van der Waals surface area (Å²) >= 11 is 0. The zero-order valence-electron chi connectivity index (χ0n) is 11.1. The van der Waals surface area contributed by atoms with E-state index < -0.39 is 12.1 Å². The normalized spacial score (nSPS) is 19.5. The van der Waals surface area contributed by atoms with Crippen LogP contribution in [0.25, 0.3) is 0 Å². The molecular weight excluding hydrogens is 274 g/mol. The number of rotatable bonds is 3. The van der Waals surface area contributed by atoms with Crippen LogP contribution in [0, 0.1) is 0 Å². The van der Waals surface area contributed by atoms with Gasteiger partial charge in [-0.25, -0.2) is 9.79 Å². The van der Waals surface area contributed by atoms with Crippen LogP contribution in [0.2, 0.25) is 0 Å². The van der Waals surface area contributed by atoms with Crippen molar-refractivity contribution in [2.24, 2.45) is 10.7 Å². The third-order valence-corrected chi connectivity index (χ3v) is 3.18. The molecule has 1 atom stereocenters. The molecule has 0 fully saturated rings. The van der Waals surface area contributed by atoms with E-state index in [1.165, 1.54) is 7.11 Å². The van der Waals surface area contributed by atoms with Crippen LogP contribution >= 0.6 is 0 Å². The van der Waals surface area contributed by atoms with Crippen molar-refractivity contribution in [1.82, 2.24) is 16.0 Å². The second-order valence-electron chi connectivity index (χ2n) is 4.50. The lowest BCUT2D eigenvalue weighted by atomic mass is 10.1. The lowest BCUT2D eigenvalue weighted by molar-refractivity contribution is 0.1000. The first-order valence-electron chi connectivity index (χ1n) is 6.18. The summed E-state index contributed by atoms with van der Waals surface area (Å²) in [4.78, 5) is 26.8. The summed E-state index contributed by atoms with van der Waals surface area (Å²) in [5, 5.41) is 8.29. The Morgan fingerprint density at radius 1 is 1.43 bits per heavy atom. The number of aliphatic imine (C=N–C) groups is 1. The van der Waals surface area contributed by atoms with Crippen LogP contribution in [0.15, 0.2) is 35.1 Å². The molecule has 21 heavy (non-hydrogen) atoms. The SMILES string of the molecule is COc1cc(C(N)=O)ccc1C1=NC2NC(=O)NC=C2N1. The predicted octanol–water partition coefficient (Wildman–Crippen LogP) is -0.376. The Bertz CT molecular complexity index is 695.